The Hall–Kier alpha value is -1.39. The molecule has 0 heterocycles. The van der Waals surface area contributed by atoms with Crippen molar-refractivity contribution in [2.24, 2.45) is 11.7 Å². The molecule has 4 heteroatoms. The van der Waals surface area contributed by atoms with Crippen LogP contribution in [0.15, 0.2) is 30.3 Å². The molecule has 0 saturated carbocycles. The summed E-state index contributed by atoms with van der Waals surface area (Å²) in [5.41, 5.74) is 6.49. The fraction of sp³-hybridized carbons (Fsp3) is 0.500. The van der Waals surface area contributed by atoms with Gasteiger partial charge in [0.2, 0.25) is 5.91 Å². The number of rotatable bonds is 7. The van der Waals surface area contributed by atoms with Crippen LogP contribution in [-0.2, 0) is 4.79 Å². The van der Waals surface area contributed by atoms with Crippen LogP contribution in [0.4, 0.5) is 0 Å². The Bertz CT molecular complexity index is 350. The third-order valence-corrected chi connectivity index (χ3v) is 3.10. The molecule has 0 saturated heterocycles. The van der Waals surface area contributed by atoms with Crippen molar-refractivity contribution >= 4 is 5.91 Å². The van der Waals surface area contributed by atoms with E-state index in [1.807, 2.05) is 37.3 Å². The zero-order valence-electron chi connectivity index (χ0n) is 10.8. The topological polar surface area (TPSA) is 75.4 Å². The van der Waals surface area contributed by atoms with Gasteiger partial charge < -0.3 is 16.2 Å². The van der Waals surface area contributed by atoms with Gasteiger partial charge in [-0.25, -0.2) is 0 Å². The summed E-state index contributed by atoms with van der Waals surface area (Å²) in [5.74, 6) is 0.148. The van der Waals surface area contributed by atoms with Crippen molar-refractivity contribution in [3.63, 3.8) is 0 Å². The summed E-state index contributed by atoms with van der Waals surface area (Å²) in [6.45, 7) is 2.43. The molecule has 0 spiro atoms. The van der Waals surface area contributed by atoms with Crippen LogP contribution in [0.3, 0.4) is 0 Å². The minimum absolute atomic E-state index is 0.0600. The van der Waals surface area contributed by atoms with E-state index in [1.54, 1.807) is 0 Å². The molecule has 1 aromatic rings. The molecular formula is C14H22N2O2. The Kier molecular flexibility index (Phi) is 6.39. The van der Waals surface area contributed by atoms with Gasteiger partial charge in [-0.15, -0.1) is 0 Å². The lowest BCUT2D eigenvalue weighted by Crippen LogP contribution is -2.33. The fourth-order valence-corrected chi connectivity index (χ4v) is 1.83. The highest BCUT2D eigenvalue weighted by Crippen LogP contribution is 2.13. The number of amides is 1. The molecule has 1 rings (SSSR count). The first-order valence-electron chi connectivity index (χ1n) is 6.36. The van der Waals surface area contributed by atoms with Crippen LogP contribution in [0, 0.1) is 5.92 Å². The number of benzene rings is 1. The predicted molar refractivity (Wildman–Crippen MR) is 71.9 cm³/mol. The summed E-state index contributed by atoms with van der Waals surface area (Å²) in [5, 5.41) is 12.2. The minimum atomic E-state index is -0.339. The standard InChI is InChI=1S/C14H22N2O2/c1-2-11(9-15)8-14(18)16-13(10-17)12-6-4-3-5-7-12/h3-7,11,13,17H,2,8-10,15H2,1H3,(H,16,18)/t11?,13-/m0/s1. The number of carbonyl (C=O) groups is 1. The van der Waals surface area contributed by atoms with Crippen LogP contribution in [0.1, 0.15) is 31.4 Å². The summed E-state index contributed by atoms with van der Waals surface area (Å²) in [7, 11) is 0. The van der Waals surface area contributed by atoms with Gasteiger partial charge in [0, 0.05) is 6.42 Å². The number of nitrogens with two attached hydrogens (primary N) is 1. The lowest BCUT2D eigenvalue weighted by atomic mass is 10.0. The van der Waals surface area contributed by atoms with E-state index in [9.17, 15) is 9.90 Å². The van der Waals surface area contributed by atoms with Crippen LogP contribution in [0.2, 0.25) is 0 Å². The predicted octanol–water partition coefficient (Wildman–Crippen LogP) is 1.21. The average molecular weight is 250 g/mol. The maximum Gasteiger partial charge on any atom is 0.220 e. The molecule has 4 nitrogen and oxygen atoms in total. The second-order valence-corrected chi connectivity index (χ2v) is 4.43. The highest BCUT2D eigenvalue weighted by atomic mass is 16.3. The van der Waals surface area contributed by atoms with Gasteiger partial charge in [0.15, 0.2) is 0 Å². The summed E-state index contributed by atoms with van der Waals surface area (Å²) in [6.07, 6.45) is 1.30. The van der Waals surface area contributed by atoms with E-state index in [-0.39, 0.29) is 24.5 Å². The van der Waals surface area contributed by atoms with Gasteiger partial charge in [-0.3, -0.25) is 4.79 Å². The molecule has 4 N–H and O–H groups in total. The van der Waals surface area contributed by atoms with Gasteiger partial charge in [-0.2, -0.15) is 0 Å². The molecule has 1 amide bonds. The molecule has 1 unspecified atom stereocenters. The zero-order valence-corrected chi connectivity index (χ0v) is 10.8. The van der Waals surface area contributed by atoms with Crippen LogP contribution >= 0.6 is 0 Å². The van der Waals surface area contributed by atoms with Gasteiger partial charge in [0.05, 0.1) is 12.6 Å². The highest BCUT2D eigenvalue weighted by Gasteiger charge is 2.16. The third kappa shape index (κ3) is 4.47. The first-order chi connectivity index (χ1) is 8.71. The fourth-order valence-electron chi connectivity index (χ4n) is 1.83. The number of carbonyl (C=O) groups excluding carboxylic acids is 1. The maximum atomic E-state index is 11.8. The van der Waals surface area contributed by atoms with Crippen molar-refractivity contribution in [3.8, 4) is 0 Å². The summed E-state index contributed by atoms with van der Waals surface area (Å²) in [6, 6.07) is 9.12. The Morgan fingerprint density at radius 1 is 1.39 bits per heavy atom. The maximum absolute atomic E-state index is 11.8. The van der Waals surface area contributed by atoms with E-state index < -0.39 is 0 Å². The average Bonchev–Trinajstić information content (AvgIpc) is 2.43. The SMILES string of the molecule is CCC(CN)CC(=O)N[C@@H](CO)c1ccccc1. The number of hydrogen-bond donors (Lipinski definition) is 3. The quantitative estimate of drug-likeness (QED) is 0.681. The zero-order chi connectivity index (χ0) is 13.4. The number of hydrogen-bond acceptors (Lipinski definition) is 3. The molecule has 1 aromatic carbocycles. The Balaban J connectivity index is 2.56. The molecule has 0 aromatic heterocycles. The van der Waals surface area contributed by atoms with Crippen molar-refractivity contribution < 1.29 is 9.90 Å². The lowest BCUT2D eigenvalue weighted by Gasteiger charge is -2.18. The molecule has 0 fully saturated rings. The van der Waals surface area contributed by atoms with Crippen molar-refractivity contribution in [2.75, 3.05) is 13.2 Å². The van der Waals surface area contributed by atoms with Crippen LogP contribution < -0.4 is 11.1 Å². The normalized spacial score (nSPS) is 13.9. The minimum Gasteiger partial charge on any atom is -0.394 e. The highest BCUT2D eigenvalue weighted by molar-refractivity contribution is 5.76. The first kappa shape index (κ1) is 14.7. The van der Waals surface area contributed by atoms with Crippen LogP contribution in [-0.4, -0.2) is 24.2 Å². The molecular weight excluding hydrogens is 228 g/mol. The summed E-state index contributed by atoms with van der Waals surface area (Å²) < 4.78 is 0. The van der Waals surface area contributed by atoms with E-state index in [0.717, 1.165) is 12.0 Å². The molecule has 2 atom stereocenters. The number of aliphatic hydroxyl groups excluding tert-OH is 1. The summed E-state index contributed by atoms with van der Waals surface area (Å²) >= 11 is 0. The van der Waals surface area contributed by atoms with Gasteiger partial charge >= 0.3 is 0 Å². The number of aliphatic hydroxyl groups is 1. The Labute approximate surface area is 108 Å². The van der Waals surface area contributed by atoms with E-state index in [4.69, 9.17) is 5.73 Å². The van der Waals surface area contributed by atoms with Crippen LogP contribution in [0.5, 0.6) is 0 Å². The summed E-state index contributed by atoms with van der Waals surface area (Å²) in [4.78, 5) is 11.8. The van der Waals surface area contributed by atoms with E-state index in [1.165, 1.54) is 0 Å². The molecule has 0 aliphatic carbocycles. The first-order valence-corrected chi connectivity index (χ1v) is 6.36. The second-order valence-electron chi connectivity index (χ2n) is 4.43. The van der Waals surface area contributed by atoms with Gasteiger partial charge in [-0.1, -0.05) is 43.7 Å². The molecule has 0 aliphatic rings. The largest absolute Gasteiger partial charge is 0.394 e. The molecule has 0 bridgehead atoms. The number of nitrogens with one attached hydrogen (secondary N) is 1. The smallest absolute Gasteiger partial charge is 0.220 e. The van der Waals surface area contributed by atoms with Crippen molar-refractivity contribution in [2.45, 2.75) is 25.8 Å². The second kappa shape index (κ2) is 7.84. The Morgan fingerprint density at radius 3 is 2.56 bits per heavy atom. The monoisotopic (exact) mass is 250 g/mol. The third-order valence-electron chi connectivity index (χ3n) is 3.10. The van der Waals surface area contributed by atoms with E-state index in [2.05, 4.69) is 5.32 Å². The molecule has 0 radical (unpaired) electrons. The lowest BCUT2D eigenvalue weighted by molar-refractivity contribution is -0.123. The van der Waals surface area contributed by atoms with Gasteiger partial charge in [-0.05, 0) is 18.0 Å². The van der Waals surface area contributed by atoms with Crippen molar-refractivity contribution in [3.05, 3.63) is 35.9 Å². The molecule has 18 heavy (non-hydrogen) atoms. The van der Waals surface area contributed by atoms with Gasteiger partial charge in [0.1, 0.15) is 0 Å². The van der Waals surface area contributed by atoms with Crippen LogP contribution in [0.25, 0.3) is 0 Å². The van der Waals surface area contributed by atoms with E-state index >= 15 is 0 Å². The van der Waals surface area contributed by atoms with Gasteiger partial charge in [0.25, 0.3) is 0 Å². The van der Waals surface area contributed by atoms with Crippen molar-refractivity contribution in [1.29, 1.82) is 0 Å². The molecule has 0 aliphatic heterocycles. The Morgan fingerprint density at radius 2 is 2.06 bits per heavy atom. The van der Waals surface area contributed by atoms with Crippen molar-refractivity contribution in [1.82, 2.24) is 5.32 Å². The van der Waals surface area contributed by atoms with E-state index in [0.29, 0.717) is 13.0 Å². The molecule has 100 valence electrons.